The molecule has 0 aliphatic heterocycles. The summed E-state index contributed by atoms with van der Waals surface area (Å²) in [4.78, 5) is 12.8. The molecule has 0 saturated heterocycles. The summed E-state index contributed by atoms with van der Waals surface area (Å²) in [5.74, 6) is 0. The molecular formula is C15H14N4. The Labute approximate surface area is 111 Å². The molecular weight excluding hydrogens is 236 g/mol. The van der Waals surface area contributed by atoms with Crippen molar-refractivity contribution in [2.45, 2.75) is 13.0 Å². The van der Waals surface area contributed by atoms with Gasteiger partial charge in [0.05, 0.1) is 35.3 Å². The SMILES string of the molecule is CC(Nc1cnc2ccccc2c1)c1cnccn1. The average Bonchev–Trinajstić information content (AvgIpc) is 2.48. The zero-order chi connectivity index (χ0) is 13.1. The first-order valence-electron chi connectivity index (χ1n) is 6.20. The second-order valence-corrected chi connectivity index (χ2v) is 4.41. The molecule has 19 heavy (non-hydrogen) atoms. The quantitative estimate of drug-likeness (QED) is 0.775. The zero-order valence-electron chi connectivity index (χ0n) is 10.6. The Kier molecular flexibility index (Phi) is 3.06. The van der Waals surface area contributed by atoms with Gasteiger partial charge in [-0.2, -0.15) is 0 Å². The fraction of sp³-hybridized carbons (Fsp3) is 0.133. The standard InChI is InChI=1S/C15H14N4/c1-11(15-10-16-6-7-17-15)19-13-8-12-4-2-3-5-14(12)18-9-13/h2-11,19H,1H3. The molecule has 1 N–H and O–H groups in total. The Morgan fingerprint density at radius 1 is 1.05 bits per heavy atom. The molecule has 0 bridgehead atoms. The van der Waals surface area contributed by atoms with Crippen LogP contribution in [0.3, 0.4) is 0 Å². The summed E-state index contributed by atoms with van der Waals surface area (Å²) in [7, 11) is 0. The van der Waals surface area contributed by atoms with Crippen molar-refractivity contribution in [2.75, 3.05) is 5.32 Å². The number of benzene rings is 1. The number of hydrogen-bond acceptors (Lipinski definition) is 4. The number of nitrogens with zero attached hydrogens (tertiary/aromatic N) is 3. The summed E-state index contributed by atoms with van der Waals surface area (Å²) in [6, 6.07) is 10.3. The maximum absolute atomic E-state index is 4.43. The molecule has 2 heterocycles. The highest BCUT2D eigenvalue weighted by atomic mass is 15.0. The van der Waals surface area contributed by atoms with Gasteiger partial charge in [-0.3, -0.25) is 15.0 Å². The third-order valence-electron chi connectivity index (χ3n) is 3.00. The first-order chi connectivity index (χ1) is 9.33. The van der Waals surface area contributed by atoms with Gasteiger partial charge in [0.2, 0.25) is 0 Å². The minimum absolute atomic E-state index is 0.0941. The van der Waals surface area contributed by atoms with Crippen molar-refractivity contribution in [3.63, 3.8) is 0 Å². The molecule has 0 fully saturated rings. The van der Waals surface area contributed by atoms with Crippen molar-refractivity contribution in [1.82, 2.24) is 15.0 Å². The predicted molar refractivity (Wildman–Crippen MR) is 75.8 cm³/mol. The predicted octanol–water partition coefficient (Wildman–Crippen LogP) is 3.20. The molecule has 1 aromatic carbocycles. The van der Waals surface area contributed by atoms with Crippen LogP contribution in [-0.4, -0.2) is 15.0 Å². The molecule has 1 atom stereocenters. The minimum atomic E-state index is 0.0941. The van der Waals surface area contributed by atoms with Gasteiger partial charge in [0.1, 0.15) is 0 Å². The van der Waals surface area contributed by atoms with Crippen LogP contribution in [0.1, 0.15) is 18.7 Å². The third-order valence-corrected chi connectivity index (χ3v) is 3.00. The summed E-state index contributed by atoms with van der Waals surface area (Å²) < 4.78 is 0. The van der Waals surface area contributed by atoms with Crippen LogP contribution >= 0.6 is 0 Å². The molecule has 0 saturated carbocycles. The van der Waals surface area contributed by atoms with Crippen molar-refractivity contribution in [3.05, 3.63) is 60.8 Å². The lowest BCUT2D eigenvalue weighted by atomic mass is 10.2. The van der Waals surface area contributed by atoms with Gasteiger partial charge >= 0.3 is 0 Å². The van der Waals surface area contributed by atoms with E-state index < -0.39 is 0 Å². The van der Waals surface area contributed by atoms with E-state index in [4.69, 9.17) is 0 Å². The highest BCUT2D eigenvalue weighted by molar-refractivity contribution is 5.81. The Balaban J connectivity index is 1.85. The van der Waals surface area contributed by atoms with E-state index >= 15 is 0 Å². The van der Waals surface area contributed by atoms with E-state index in [9.17, 15) is 0 Å². The van der Waals surface area contributed by atoms with E-state index in [-0.39, 0.29) is 6.04 Å². The number of rotatable bonds is 3. The number of nitrogens with one attached hydrogen (secondary N) is 1. The van der Waals surface area contributed by atoms with Crippen LogP contribution in [0, 0.1) is 0 Å². The molecule has 3 rings (SSSR count). The Morgan fingerprint density at radius 2 is 1.95 bits per heavy atom. The second-order valence-electron chi connectivity index (χ2n) is 4.41. The summed E-state index contributed by atoms with van der Waals surface area (Å²) in [6.45, 7) is 2.05. The van der Waals surface area contributed by atoms with Crippen molar-refractivity contribution in [2.24, 2.45) is 0 Å². The van der Waals surface area contributed by atoms with Gasteiger partial charge in [0, 0.05) is 17.8 Å². The van der Waals surface area contributed by atoms with Crippen LogP contribution in [0.4, 0.5) is 5.69 Å². The minimum Gasteiger partial charge on any atom is -0.376 e. The lowest BCUT2D eigenvalue weighted by molar-refractivity contribution is 0.827. The van der Waals surface area contributed by atoms with Crippen molar-refractivity contribution < 1.29 is 0 Å². The van der Waals surface area contributed by atoms with Gasteiger partial charge in [-0.25, -0.2) is 0 Å². The monoisotopic (exact) mass is 250 g/mol. The Hall–Kier alpha value is -2.49. The number of hydrogen-bond donors (Lipinski definition) is 1. The highest BCUT2D eigenvalue weighted by Crippen LogP contribution is 2.20. The van der Waals surface area contributed by atoms with E-state index in [1.54, 1.807) is 18.6 Å². The van der Waals surface area contributed by atoms with Gasteiger partial charge in [-0.1, -0.05) is 18.2 Å². The molecule has 4 nitrogen and oxygen atoms in total. The molecule has 94 valence electrons. The van der Waals surface area contributed by atoms with E-state index in [1.807, 2.05) is 24.4 Å². The maximum atomic E-state index is 4.43. The fourth-order valence-corrected chi connectivity index (χ4v) is 2.01. The average molecular weight is 250 g/mol. The van der Waals surface area contributed by atoms with Crippen molar-refractivity contribution >= 4 is 16.6 Å². The largest absolute Gasteiger partial charge is 0.376 e. The first kappa shape index (κ1) is 11.6. The number of pyridine rings is 1. The van der Waals surface area contributed by atoms with Crippen molar-refractivity contribution in [3.8, 4) is 0 Å². The van der Waals surface area contributed by atoms with E-state index in [0.29, 0.717) is 0 Å². The molecule has 0 spiro atoms. The Bertz CT molecular complexity index is 682. The summed E-state index contributed by atoms with van der Waals surface area (Å²) in [5, 5.41) is 4.51. The summed E-state index contributed by atoms with van der Waals surface area (Å²) >= 11 is 0. The van der Waals surface area contributed by atoms with Crippen LogP contribution < -0.4 is 5.32 Å². The van der Waals surface area contributed by atoms with E-state index in [0.717, 1.165) is 22.3 Å². The zero-order valence-corrected chi connectivity index (χ0v) is 10.6. The van der Waals surface area contributed by atoms with Gasteiger partial charge in [0.25, 0.3) is 0 Å². The summed E-state index contributed by atoms with van der Waals surface area (Å²) in [5.41, 5.74) is 2.90. The van der Waals surface area contributed by atoms with Gasteiger partial charge in [-0.05, 0) is 19.1 Å². The van der Waals surface area contributed by atoms with Crippen molar-refractivity contribution in [1.29, 1.82) is 0 Å². The van der Waals surface area contributed by atoms with Crippen LogP contribution in [0.2, 0.25) is 0 Å². The summed E-state index contributed by atoms with van der Waals surface area (Å²) in [6.07, 6.45) is 6.99. The van der Waals surface area contributed by atoms with Crippen LogP contribution in [0.5, 0.6) is 0 Å². The molecule has 0 radical (unpaired) electrons. The van der Waals surface area contributed by atoms with E-state index in [2.05, 4.69) is 39.3 Å². The molecule has 4 heteroatoms. The lowest BCUT2D eigenvalue weighted by Gasteiger charge is -2.14. The normalized spacial score (nSPS) is 12.3. The molecule has 3 aromatic rings. The number of anilines is 1. The maximum Gasteiger partial charge on any atom is 0.0806 e. The number of aromatic nitrogens is 3. The molecule has 2 aromatic heterocycles. The van der Waals surface area contributed by atoms with E-state index in [1.165, 1.54) is 0 Å². The first-order valence-corrected chi connectivity index (χ1v) is 6.20. The van der Waals surface area contributed by atoms with Gasteiger partial charge in [0.15, 0.2) is 0 Å². The third kappa shape index (κ3) is 2.52. The molecule has 0 aliphatic carbocycles. The topological polar surface area (TPSA) is 50.7 Å². The molecule has 0 amide bonds. The van der Waals surface area contributed by atoms with Gasteiger partial charge < -0.3 is 5.32 Å². The highest BCUT2D eigenvalue weighted by Gasteiger charge is 2.07. The fourth-order valence-electron chi connectivity index (χ4n) is 2.01. The molecule has 0 aliphatic rings. The van der Waals surface area contributed by atoms with Crippen LogP contribution in [0.25, 0.3) is 10.9 Å². The Morgan fingerprint density at radius 3 is 2.79 bits per heavy atom. The van der Waals surface area contributed by atoms with Crippen LogP contribution in [-0.2, 0) is 0 Å². The van der Waals surface area contributed by atoms with Gasteiger partial charge in [-0.15, -0.1) is 0 Å². The smallest absolute Gasteiger partial charge is 0.0806 e. The lowest BCUT2D eigenvalue weighted by Crippen LogP contribution is -2.08. The second kappa shape index (κ2) is 5.02. The number of para-hydroxylation sites is 1. The number of fused-ring (bicyclic) bond motifs is 1. The molecule has 1 unspecified atom stereocenters. The van der Waals surface area contributed by atoms with Crippen LogP contribution in [0.15, 0.2) is 55.1 Å².